The first-order chi connectivity index (χ1) is 7.71. The fraction of sp³-hybridized carbons (Fsp3) is 0.786. The zero-order valence-electron chi connectivity index (χ0n) is 9.84. The van der Waals surface area contributed by atoms with Crippen LogP contribution >= 0.6 is 0 Å². The van der Waals surface area contributed by atoms with E-state index in [-0.39, 0.29) is 11.6 Å². The highest BCUT2D eigenvalue weighted by Gasteiger charge is 2.53. The molecular formula is C14H20O2. The lowest BCUT2D eigenvalue weighted by Gasteiger charge is -2.47. The maximum Gasteiger partial charge on any atom is 0.334 e. The van der Waals surface area contributed by atoms with E-state index in [0.29, 0.717) is 11.5 Å². The Bertz CT molecular complexity index is 314. The van der Waals surface area contributed by atoms with Crippen LogP contribution in [0.5, 0.6) is 0 Å². The molecule has 3 fully saturated rings. The Balaban J connectivity index is 1.88. The fourth-order valence-electron chi connectivity index (χ4n) is 4.17. The van der Waals surface area contributed by atoms with Crippen LogP contribution in [0.4, 0.5) is 0 Å². The normalized spacial score (nSPS) is 43.2. The van der Waals surface area contributed by atoms with Gasteiger partial charge in [-0.05, 0) is 31.6 Å². The van der Waals surface area contributed by atoms with Gasteiger partial charge in [-0.2, -0.15) is 0 Å². The third-order valence-electron chi connectivity index (χ3n) is 4.86. The molecular weight excluding hydrogens is 200 g/mol. The number of ether oxygens (including phenoxy) is 1. The molecule has 0 aromatic heterocycles. The molecule has 2 saturated carbocycles. The van der Waals surface area contributed by atoms with Gasteiger partial charge in [-0.15, -0.1) is 0 Å². The van der Waals surface area contributed by atoms with Gasteiger partial charge in [0, 0.05) is 17.9 Å². The molecule has 1 saturated heterocycles. The Morgan fingerprint density at radius 1 is 1.19 bits per heavy atom. The van der Waals surface area contributed by atoms with Crippen molar-refractivity contribution in [2.75, 3.05) is 0 Å². The standard InChI is InChI=1S/C14H20O2/c1-10-9-14(16-13(10)15)8-4-6-11-5-2-3-7-12(11)14/h11-12H,1-9H2/t11-,12-,14+/m1/s1. The Morgan fingerprint density at radius 2 is 1.94 bits per heavy atom. The zero-order valence-corrected chi connectivity index (χ0v) is 9.84. The Hall–Kier alpha value is -0.790. The molecule has 2 nitrogen and oxygen atoms in total. The van der Waals surface area contributed by atoms with Crippen molar-refractivity contribution in [3.8, 4) is 0 Å². The topological polar surface area (TPSA) is 26.3 Å². The summed E-state index contributed by atoms with van der Waals surface area (Å²) in [6.45, 7) is 3.85. The highest BCUT2D eigenvalue weighted by molar-refractivity contribution is 5.90. The molecule has 0 radical (unpaired) electrons. The number of hydrogen-bond donors (Lipinski definition) is 0. The first-order valence-corrected chi connectivity index (χ1v) is 6.62. The van der Waals surface area contributed by atoms with Crippen molar-refractivity contribution in [2.45, 2.75) is 57.0 Å². The number of carbonyl (C=O) groups is 1. The van der Waals surface area contributed by atoms with Crippen LogP contribution in [0.1, 0.15) is 51.4 Å². The van der Waals surface area contributed by atoms with E-state index >= 15 is 0 Å². The molecule has 0 aromatic rings. The third kappa shape index (κ3) is 1.42. The van der Waals surface area contributed by atoms with E-state index in [1.165, 1.54) is 38.5 Å². The van der Waals surface area contributed by atoms with Gasteiger partial charge in [0.2, 0.25) is 0 Å². The molecule has 16 heavy (non-hydrogen) atoms. The molecule has 3 aliphatic rings. The highest BCUT2D eigenvalue weighted by atomic mass is 16.6. The van der Waals surface area contributed by atoms with Crippen LogP contribution in [-0.4, -0.2) is 11.6 Å². The minimum Gasteiger partial charge on any atom is -0.455 e. The van der Waals surface area contributed by atoms with Gasteiger partial charge in [-0.25, -0.2) is 4.79 Å². The predicted molar refractivity (Wildman–Crippen MR) is 61.9 cm³/mol. The van der Waals surface area contributed by atoms with E-state index < -0.39 is 0 Å². The number of hydrogen-bond acceptors (Lipinski definition) is 2. The average Bonchev–Trinajstić information content (AvgIpc) is 2.56. The molecule has 3 atom stereocenters. The van der Waals surface area contributed by atoms with Crippen molar-refractivity contribution in [1.82, 2.24) is 0 Å². The zero-order chi connectivity index (χ0) is 11.2. The van der Waals surface area contributed by atoms with Crippen LogP contribution in [0.2, 0.25) is 0 Å². The van der Waals surface area contributed by atoms with Crippen LogP contribution in [0.3, 0.4) is 0 Å². The van der Waals surface area contributed by atoms with E-state index in [9.17, 15) is 4.79 Å². The second-order valence-corrected chi connectivity index (χ2v) is 5.78. The second-order valence-electron chi connectivity index (χ2n) is 5.78. The maximum atomic E-state index is 11.6. The molecule has 1 spiro atoms. The fourth-order valence-corrected chi connectivity index (χ4v) is 4.17. The van der Waals surface area contributed by atoms with E-state index in [0.717, 1.165) is 18.8 Å². The molecule has 0 bridgehead atoms. The van der Waals surface area contributed by atoms with E-state index in [4.69, 9.17) is 4.74 Å². The summed E-state index contributed by atoms with van der Waals surface area (Å²) in [7, 11) is 0. The molecule has 3 rings (SSSR count). The summed E-state index contributed by atoms with van der Waals surface area (Å²) >= 11 is 0. The molecule has 2 heteroatoms. The van der Waals surface area contributed by atoms with Gasteiger partial charge in [0.1, 0.15) is 5.60 Å². The lowest BCUT2D eigenvalue weighted by Crippen LogP contribution is -2.46. The summed E-state index contributed by atoms with van der Waals surface area (Å²) in [5, 5.41) is 0. The van der Waals surface area contributed by atoms with Crippen molar-refractivity contribution in [3.63, 3.8) is 0 Å². The molecule has 1 aliphatic heterocycles. The van der Waals surface area contributed by atoms with Crippen molar-refractivity contribution in [1.29, 1.82) is 0 Å². The van der Waals surface area contributed by atoms with Crippen LogP contribution in [0, 0.1) is 11.8 Å². The Labute approximate surface area is 97.1 Å². The summed E-state index contributed by atoms with van der Waals surface area (Å²) in [6, 6.07) is 0. The minimum atomic E-state index is -0.141. The SMILES string of the molecule is C=C1C[C@]2(CCC[C@H]3CCCC[C@H]32)OC1=O. The minimum absolute atomic E-state index is 0.133. The van der Waals surface area contributed by atoms with Gasteiger partial charge >= 0.3 is 5.97 Å². The van der Waals surface area contributed by atoms with Gasteiger partial charge in [0.25, 0.3) is 0 Å². The number of rotatable bonds is 0. The molecule has 2 aliphatic carbocycles. The van der Waals surface area contributed by atoms with Crippen LogP contribution in [-0.2, 0) is 9.53 Å². The van der Waals surface area contributed by atoms with Gasteiger partial charge < -0.3 is 4.74 Å². The molecule has 1 heterocycles. The van der Waals surface area contributed by atoms with Gasteiger partial charge in [-0.3, -0.25) is 0 Å². The number of esters is 1. The summed E-state index contributed by atoms with van der Waals surface area (Å²) < 4.78 is 5.73. The number of fused-ring (bicyclic) bond motifs is 2. The predicted octanol–water partition coefficient (Wildman–Crippen LogP) is 3.22. The smallest absolute Gasteiger partial charge is 0.334 e. The van der Waals surface area contributed by atoms with Crippen molar-refractivity contribution < 1.29 is 9.53 Å². The maximum absolute atomic E-state index is 11.6. The van der Waals surface area contributed by atoms with Crippen molar-refractivity contribution in [2.24, 2.45) is 11.8 Å². The summed E-state index contributed by atoms with van der Waals surface area (Å²) in [6.07, 6.45) is 9.71. The molecule has 0 amide bonds. The first kappa shape index (κ1) is 10.4. The summed E-state index contributed by atoms with van der Waals surface area (Å²) in [5.74, 6) is 1.30. The Morgan fingerprint density at radius 3 is 2.69 bits per heavy atom. The van der Waals surface area contributed by atoms with Gasteiger partial charge in [0.15, 0.2) is 0 Å². The van der Waals surface area contributed by atoms with Crippen molar-refractivity contribution >= 4 is 5.97 Å². The van der Waals surface area contributed by atoms with E-state index in [2.05, 4.69) is 6.58 Å². The summed E-state index contributed by atoms with van der Waals surface area (Å²) in [5.41, 5.74) is 0.559. The van der Waals surface area contributed by atoms with Gasteiger partial charge in [-0.1, -0.05) is 25.8 Å². The molecule has 88 valence electrons. The average molecular weight is 220 g/mol. The number of carbonyl (C=O) groups excluding carboxylic acids is 1. The largest absolute Gasteiger partial charge is 0.455 e. The van der Waals surface area contributed by atoms with Crippen LogP contribution in [0.15, 0.2) is 12.2 Å². The van der Waals surface area contributed by atoms with Crippen molar-refractivity contribution in [3.05, 3.63) is 12.2 Å². The summed E-state index contributed by atoms with van der Waals surface area (Å²) in [4.78, 5) is 11.6. The third-order valence-corrected chi connectivity index (χ3v) is 4.86. The lowest BCUT2D eigenvalue weighted by atomic mass is 9.62. The monoisotopic (exact) mass is 220 g/mol. The van der Waals surface area contributed by atoms with E-state index in [1.54, 1.807) is 0 Å². The van der Waals surface area contributed by atoms with E-state index in [1.807, 2.05) is 0 Å². The molecule has 0 N–H and O–H groups in total. The highest BCUT2D eigenvalue weighted by Crippen LogP contribution is 2.52. The Kier molecular flexibility index (Phi) is 2.34. The van der Waals surface area contributed by atoms with Crippen LogP contribution in [0.25, 0.3) is 0 Å². The lowest BCUT2D eigenvalue weighted by molar-refractivity contribution is -0.160. The molecule has 0 aromatic carbocycles. The quantitative estimate of drug-likeness (QED) is 0.463. The first-order valence-electron chi connectivity index (χ1n) is 6.62. The van der Waals surface area contributed by atoms with Gasteiger partial charge in [0.05, 0.1) is 0 Å². The molecule has 0 unspecified atom stereocenters. The van der Waals surface area contributed by atoms with Crippen LogP contribution < -0.4 is 0 Å². The second kappa shape index (κ2) is 3.61.